The first-order valence-electron chi connectivity index (χ1n) is 10.1. The first kappa shape index (κ1) is 20.3. The topological polar surface area (TPSA) is 66.5 Å². The van der Waals surface area contributed by atoms with E-state index in [4.69, 9.17) is 0 Å². The minimum absolute atomic E-state index is 0.106. The molecule has 3 aromatic rings. The standard InChI is InChI=1S/C26H22N2O3/c1-18(29)28-15-14-19-8-5-6-13-23(19)24(28)17-25(30)27-22-12-7-11-21(16-22)26(31)20-9-3-2-4-10-20/h2-16,24H,17H2,1H3,(H,27,30). The van der Waals surface area contributed by atoms with Gasteiger partial charge >= 0.3 is 0 Å². The summed E-state index contributed by atoms with van der Waals surface area (Å²) >= 11 is 0. The van der Waals surface area contributed by atoms with Crippen LogP contribution in [0.25, 0.3) is 6.08 Å². The lowest BCUT2D eigenvalue weighted by Gasteiger charge is -2.32. The zero-order valence-corrected chi connectivity index (χ0v) is 17.1. The van der Waals surface area contributed by atoms with Crippen LogP contribution >= 0.6 is 0 Å². The lowest BCUT2D eigenvalue weighted by Crippen LogP contribution is -2.33. The number of fused-ring (bicyclic) bond motifs is 1. The van der Waals surface area contributed by atoms with Gasteiger partial charge in [-0.25, -0.2) is 0 Å². The summed E-state index contributed by atoms with van der Waals surface area (Å²) in [6.07, 6.45) is 3.71. The summed E-state index contributed by atoms with van der Waals surface area (Å²) in [6, 6.07) is 23.3. The lowest BCUT2D eigenvalue weighted by molar-refractivity contribution is -0.129. The van der Waals surface area contributed by atoms with E-state index in [-0.39, 0.29) is 30.1 Å². The minimum Gasteiger partial charge on any atom is -0.326 e. The van der Waals surface area contributed by atoms with Crippen molar-refractivity contribution in [2.45, 2.75) is 19.4 Å². The molecular formula is C26H22N2O3. The molecule has 0 fully saturated rings. The molecule has 0 saturated heterocycles. The molecule has 0 aliphatic carbocycles. The van der Waals surface area contributed by atoms with E-state index in [9.17, 15) is 14.4 Å². The van der Waals surface area contributed by atoms with Gasteiger partial charge in [-0.05, 0) is 29.3 Å². The summed E-state index contributed by atoms with van der Waals surface area (Å²) in [4.78, 5) is 39.2. The molecule has 4 rings (SSSR count). The van der Waals surface area contributed by atoms with Crippen LogP contribution in [-0.2, 0) is 9.59 Å². The predicted octanol–water partition coefficient (Wildman–Crippen LogP) is 4.82. The number of anilines is 1. The van der Waals surface area contributed by atoms with Gasteiger partial charge in [0.05, 0.1) is 12.5 Å². The Morgan fingerprint density at radius 2 is 1.58 bits per heavy atom. The van der Waals surface area contributed by atoms with Crippen LogP contribution in [0.15, 0.2) is 85.1 Å². The van der Waals surface area contributed by atoms with Crippen molar-refractivity contribution < 1.29 is 14.4 Å². The molecule has 31 heavy (non-hydrogen) atoms. The van der Waals surface area contributed by atoms with Crippen molar-refractivity contribution >= 4 is 29.4 Å². The van der Waals surface area contributed by atoms with E-state index in [1.807, 2.05) is 48.5 Å². The maximum atomic E-state index is 12.9. The van der Waals surface area contributed by atoms with Gasteiger partial charge in [-0.15, -0.1) is 0 Å². The maximum Gasteiger partial charge on any atom is 0.226 e. The van der Waals surface area contributed by atoms with Crippen molar-refractivity contribution in [3.63, 3.8) is 0 Å². The highest BCUT2D eigenvalue weighted by Gasteiger charge is 2.28. The minimum atomic E-state index is -0.382. The lowest BCUT2D eigenvalue weighted by atomic mass is 9.93. The molecule has 0 bridgehead atoms. The fraction of sp³-hybridized carbons (Fsp3) is 0.115. The largest absolute Gasteiger partial charge is 0.326 e. The third-order valence-electron chi connectivity index (χ3n) is 5.29. The van der Waals surface area contributed by atoms with Gasteiger partial charge in [-0.3, -0.25) is 14.4 Å². The third kappa shape index (κ3) is 4.46. The molecule has 0 radical (unpaired) electrons. The van der Waals surface area contributed by atoms with E-state index < -0.39 is 0 Å². The Balaban J connectivity index is 1.52. The Labute approximate surface area is 181 Å². The maximum absolute atomic E-state index is 12.9. The Morgan fingerprint density at radius 1 is 0.871 bits per heavy atom. The number of ketones is 1. The number of rotatable bonds is 5. The Bertz CT molecular complexity index is 1170. The zero-order valence-electron chi connectivity index (χ0n) is 17.1. The van der Waals surface area contributed by atoms with Gasteiger partial charge in [0, 0.05) is 29.9 Å². The van der Waals surface area contributed by atoms with E-state index in [2.05, 4.69) is 5.32 Å². The van der Waals surface area contributed by atoms with Crippen LogP contribution in [-0.4, -0.2) is 22.5 Å². The van der Waals surface area contributed by atoms with Crippen molar-refractivity contribution in [3.8, 4) is 0 Å². The van der Waals surface area contributed by atoms with Gasteiger partial charge in [0.25, 0.3) is 0 Å². The smallest absolute Gasteiger partial charge is 0.226 e. The molecule has 2 amide bonds. The fourth-order valence-corrected chi connectivity index (χ4v) is 3.80. The van der Waals surface area contributed by atoms with Crippen molar-refractivity contribution in [1.82, 2.24) is 4.90 Å². The first-order chi connectivity index (χ1) is 15.0. The van der Waals surface area contributed by atoms with Crippen molar-refractivity contribution in [3.05, 3.63) is 107 Å². The average molecular weight is 410 g/mol. The van der Waals surface area contributed by atoms with Crippen LogP contribution < -0.4 is 5.32 Å². The normalized spacial score (nSPS) is 14.6. The third-order valence-corrected chi connectivity index (χ3v) is 5.29. The molecule has 1 heterocycles. The van der Waals surface area contributed by atoms with Gasteiger partial charge in [-0.2, -0.15) is 0 Å². The Hall–Kier alpha value is -3.99. The van der Waals surface area contributed by atoms with Crippen LogP contribution in [0.3, 0.4) is 0 Å². The summed E-state index contributed by atoms with van der Waals surface area (Å²) in [6.45, 7) is 1.49. The van der Waals surface area contributed by atoms with Gasteiger partial charge in [0.15, 0.2) is 5.78 Å². The SMILES string of the molecule is CC(=O)N1C=Cc2ccccc2C1CC(=O)Nc1cccc(C(=O)c2ccccc2)c1. The van der Waals surface area contributed by atoms with E-state index in [1.54, 1.807) is 47.5 Å². The summed E-state index contributed by atoms with van der Waals surface area (Å²) in [5.41, 5.74) is 3.56. The van der Waals surface area contributed by atoms with Crippen LogP contribution in [0.2, 0.25) is 0 Å². The van der Waals surface area contributed by atoms with E-state index in [0.717, 1.165) is 11.1 Å². The molecule has 1 aliphatic heterocycles. The van der Waals surface area contributed by atoms with Gasteiger partial charge in [-0.1, -0.05) is 66.7 Å². The molecule has 0 saturated carbocycles. The molecule has 5 heteroatoms. The molecule has 3 aromatic carbocycles. The molecule has 1 unspecified atom stereocenters. The number of carbonyl (C=O) groups excluding carboxylic acids is 3. The van der Waals surface area contributed by atoms with Crippen molar-refractivity contribution in [2.75, 3.05) is 5.32 Å². The van der Waals surface area contributed by atoms with E-state index >= 15 is 0 Å². The van der Waals surface area contributed by atoms with E-state index in [1.165, 1.54) is 6.92 Å². The fourth-order valence-electron chi connectivity index (χ4n) is 3.80. The number of hydrogen-bond donors (Lipinski definition) is 1. The Kier molecular flexibility index (Phi) is 5.76. The summed E-state index contributed by atoms with van der Waals surface area (Å²) in [5, 5.41) is 2.87. The number of carbonyl (C=O) groups is 3. The molecule has 1 atom stereocenters. The number of benzene rings is 3. The second-order valence-electron chi connectivity index (χ2n) is 7.41. The average Bonchev–Trinajstić information content (AvgIpc) is 2.79. The monoisotopic (exact) mass is 410 g/mol. The molecular weight excluding hydrogens is 388 g/mol. The summed E-state index contributed by atoms with van der Waals surface area (Å²) in [7, 11) is 0. The second kappa shape index (κ2) is 8.79. The van der Waals surface area contributed by atoms with Gasteiger partial charge in [0.2, 0.25) is 11.8 Å². The number of nitrogens with zero attached hydrogens (tertiary/aromatic N) is 1. The van der Waals surface area contributed by atoms with Crippen molar-refractivity contribution in [1.29, 1.82) is 0 Å². The number of amides is 2. The van der Waals surface area contributed by atoms with Gasteiger partial charge < -0.3 is 10.2 Å². The molecule has 154 valence electrons. The van der Waals surface area contributed by atoms with Crippen LogP contribution in [0, 0.1) is 0 Å². The number of nitrogens with one attached hydrogen (secondary N) is 1. The molecule has 1 aliphatic rings. The summed E-state index contributed by atoms with van der Waals surface area (Å²) < 4.78 is 0. The van der Waals surface area contributed by atoms with Crippen LogP contribution in [0.4, 0.5) is 5.69 Å². The first-order valence-corrected chi connectivity index (χ1v) is 10.1. The quantitative estimate of drug-likeness (QED) is 0.613. The predicted molar refractivity (Wildman–Crippen MR) is 120 cm³/mol. The zero-order chi connectivity index (χ0) is 21.8. The molecule has 0 spiro atoms. The van der Waals surface area contributed by atoms with Crippen LogP contribution in [0.5, 0.6) is 0 Å². The highest BCUT2D eigenvalue weighted by molar-refractivity contribution is 6.09. The highest BCUT2D eigenvalue weighted by atomic mass is 16.2. The Morgan fingerprint density at radius 3 is 2.35 bits per heavy atom. The number of hydrogen-bond acceptors (Lipinski definition) is 3. The molecule has 0 aromatic heterocycles. The molecule has 5 nitrogen and oxygen atoms in total. The summed E-state index contributed by atoms with van der Waals surface area (Å²) in [5.74, 6) is -0.463. The highest BCUT2D eigenvalue weighted by Crippen LogP contribution is 2.33. The van der Waals surface area contributed by atoms with E-state index in [0.29, 0.717) is 16.8 Å². The molecule has 1 N–H and O–H groups in total. The second-order valence-corrected chi connectivity index (χ2v) is 7.41. The van der Waals surface area contributed by atoms with Crippen LogP contribution in [0.1, 0.15) is 46.4 Å². The van der Waals surface area contributed by atoms with Crippen molar-refractivity contribution in [2.24, 2.45) is 0 Å². The van der Waals surface area contributed by atoms with Gasteiger partial charge in [0.1, 0.15) is 0 Å².